The number of anilines is 1. The van der Waals surface area contributed by atoms with Gasteiger partial charge in [0.2, 0.25) is 0 Å². The lowest BCUT2D eigenvalue weighted by atomic mass is 10.0. The number of aryl methyl sites for hydroxylation is 1. The second kappa shape index (κ2) is 8.51. The van der Waals surface area contributed by atoms with Crippen molar-refractivity contribution in [1.82, 2.24) is 4.90 Å². The summed E-state index contributed by atoms with van der Waals surface area (Å²) < 4.78 is 14.1. The first-order chi connectivity index (χ1) is 14.1. The van der Waals surface area contributed by atoms with E-state index < -0.39 is 5.97 Å². The SMILES string of the molecule is CCc1c(C(=O)O)sc2cccc(N3CCN(CCc4ccc(F)cc4)CC3)c12. The Morgan fingerprint density at radius 2 is 1.83 bits per heavy atom. The maximum atomic E-state index is 13.0. The Labute approximate surface area is 174 Å². The number of halogens is 1. The van der Waals surface area contributed by atoms with Crippen molar-refractivity contribution in [2.75, 3.05) is 37.6 Å². The Balaban J connectivity index is 1.46. The molecule has 4 nitrogen and oxygen atoms in total. The van der Waals surface area contributed by atoms with E-state index in [1.165, 1.54) is 23.5 Å². The summed E-state index contributed by atoms with van der Waals surface area (Å²) in [6.07, 6.45) is 1.64. The van der Waals surface area contributed by atoms with Gasteiger partial charge in [-0.25, -0.2) is 9.18 Å². The number of carboxylic acid groups (broad SMARTS) is 1. The number of piperazine rings is 1. The van der Waals surface area contributed by atoms with Crippen molar-refractivity contribution in [3.8, 4) is 0 Å². The maximum Gasteiger partial charge on any atom is 0.346 e. The lowest BCUT2D eigenvalue weighted by molar-refractivity contribution is 0.0701. The largest absolute Gasteiger partial charge is 0.477 e. The molecular formula is C23H25FN2O2S. The van der Waals surface area contributed by atoms with E-state index in [1.54, 1.807) is 0 Å². The Bertz CT molecular complexity index is 1010. The second-order valence-corrected chi connectivity index (χ2v) is 8.48. The third kappa shape index (κ3) is 4.14. The van der Waals surface area contributed by atoms with Gasteiger partial charge in [-0.15, -0.1) is 11.3 Å². The van der Waals surface area contributed by atoms with E-state index in [-0.39, 0.29) is 5.82 Å². The normalized spacial score (nSPS) is 15.2. The van der Waals surface area contributed by atoms with Crippen LogP contribution in [0, 0.1) is 5.82 Å². The lowest BCUT2D eigenvalue weighted by Crippen LogP contribution is -2.47. The van der Waals surface area contributed by atoms with Crippen LogP contribution in [0.25, 0.3) is 10.1 Å². The number of nitrogens with zero attached hydrogens (tertiary/aromatic N) is 2. The minimum absolute atomic E-state index is 0.192. The molecule has 0 amide bonds. The number of rotatable bonds is 6. The smallest absolute Gasteiger partial charge is 0.346 e. The topological polar surface area (TPSA) is 43.8 Å². The highest BCUT2D eigenvalue weighted by atomic mass is 32.1. The summed E-state index contributed by atoms with van der Waals surface area (Å²) in [6, 6.07) is 12.9. The molecule has 0 unspecified atom stereocenters. The summed E-state index contributed by atoms with van der Waals surface area (Å²) in [6.45, 7) is 6.77. The Morgan fingerprint density at radius 1 is 1.10 bits per heavy atom. The van der Waals surface area contributed by atoms with Gasteiger partial charge in [0.1, 0.15) is 10.7 Å². The molecule has 0 atom stereocenters. The van der Waals surface area contributed by atoms with Crippen molar-refractivity contribution in [3.05, 3.63) is 64.3 Å². The molecule has 0 bridgehead atoms. The molecule has 2 aromatic carbocycles. The average molecular weight is 413 g/mol. The molecule has 1 N–H and O–H groups in total. The van der Waals surface area contributed by atoms with Crippen LogP contribution in [-0.4, -0.2) is 48.7 Å². The zero-order valence-corrected chi connectivity index (χ0v) is 17.3. The molecule has 1 aromatic heterocycles. The quantitative estimate of drug-likeness (QED) is 0.639. The number of carbonyl (C=O) groups is 1. The monoisotopic (exact) mass is 412 g/mol. The molecule has 4 rings (SSSR count). The summed E-state index contributed by atoms with van der Waals surface area (Å²) in [7, 11) is 0. The molecule has 6 heteroatoms. The number of fused-ring (bicyclic) bond motifs is 1. The van der Waals surface area contributed by atoms with Crippen LogP contribution in [0.2, 0.25) is 0 Å². The van der Waals surface area contributed by atoms with E-state index in [0.717, 1.165) is 72.5 Å². The van der Waals surface area contributed by atoms with Crippen molar-refractivity contribution < 1.29 is 14.3 Å². The summed E-state index contributed by atoms with van der Waals surface area (Å²) in [4.78, 5) is 16.9. The Kier molecular flexibility index (Phi) is 5.83. The summed E-state index contributed by atoms with van der Waals surface area (Å²) in [5.41, 5.74) is 3.26. The van der Waals surface area contributed by atoms with Crippen LogP contribution in [0.4, 0.5) is 10.1 Å². The Hall–Kier alpha value is -2.44. The molecule has 0 aliphatic carbocycles. The molecule has 0 radical (unpaired) electrons. The van der Waals surface area contributed by atoms with Crippen LogP contribution < -0.4 is 4.90 Å². The van der Waals surface area contributed by atoms with Gasteiger partial charge in [0.15, 0.2) is 0 Å². The first kappa shape index (κ1) is 19.9. The fourth-order valence-corrected chi connectivity index (χ4v) is 5.27. The Morgan fingerprint density at radius 3 is 2.48 bits per heavy atom. The standard InChI is InChI=1S/C23H25FN2O2S/c1-2-18-21-19(4-3-5-20(21)29-22(18)23(27)28)26-14-12-25(13-15-26)11-10-16-6-8-17(24)9-7-16/h3-9H,2,10-15H2,1H3,(H,27,28). The van der Waals surface area contributed by atoms with E-state index in [4.69, 9.17) is 0 Å². The van der Waals surface area contributed by atoms with Crippen LogP contribution in [0.5, 0.6) is 0 Å². The van der Waals surface area contributed by atoms with Crippen LogP contribution in [0.15, 0.2) is 42.5 Å². The van der Waals surface area contributed by atoms with Crippen molar-refractivity contribution in [1.29, 1.82) is 0 Å². The van der Waals surface area contributed by atoms with Crippen LogP contribution in [0.3, 0.4) is 0 Å². The highest BCUT2D eigenvalue weighted by molar-refractivity contribution is 7.21. The fraction of sp³-hybridized carbons (Fsp3) is 0.348. The van der Waals surface area contributed by atoms with Gasteiger partial charge in [-0.2, -0.15) is 0 Å². The number of hydrogen-bond acceptors (Lipinski definition) is 4. The first-order valence-corrected chi connectivity index (χ1v) is 10.9. The summed E-state index contributed by atoms with van der Waals surface area (Å²) in [5, 5.41) is 10.7. The predicted molar refractivity (Wildman–Crippen MR) is 117 cm³/mol. The van der Waals surface area contributed by atoms with Crippen molar-refractivity contribution in [2.24, 2.45) is 0 Å². The van der Waals surface area contributed by atoms with Gasteiger partial charge in [-0.3, -0.25) is 4.90 Å². The van der Waals surface area contributed by atoms with E-state index in [9.17, 15) is 14.3 Å². The fourth-order valence-electron chi connectivity index (χ4n) is 4.12. The average Bonchev–Trinajstić information content (AvgIpc) is 3.13. The minimum Gasteiger partial charge on any atom is -0.477 e. The number of hydrogen-bond donors (Lipinski definition) is 1. The van der Waals surface area contributed by atoms with Crippen molar-refractivity contribution in [3.63, 3.8) is 0 Å². The maximum absolute atomic E-state index is 13.0. The van der Waals surface area contributed by atoms with Gasteiger partial charge in [0.05, 0.1) is 0 Å². The van der Waals surface area contributed by atoms with Gasteiger partial charge < -0.3 is 10.0 Å². The number of thiophene rings is 1. The molecule has 152 valence electrons. The van der Waals surface area contributed by atoms with Crippen molar-refractivity contribution in [2.45, 2.75) is 19.8 Å². The van der Waals surface area contributed by atoms with Gasteiger partial charge in [-0.1, -0.05) is 25.1 Å². The molecule has 0 spiro atoms. The lowest BCUT2D eigenvalue weighted by Gasteiger charge is -2.36. The highest BCUT2D eigenvalue weighted by Gasteiger charge is 2.23. The zero-order valence-electron chi connectivity index (χ0n) is 16.5. The molecule has 2 heterocycles. The molecule has 1 saturated heterocycles. The molecule has 1 aliphatic rings. The molecule has 1 fully saturated rings. The van der Waals surface area contributed by atoms with Crippen molar-refractivity contribution >= 4 is 33.1 Å². The molecular weight excluding hydrogens is 387 g/mol. The molecule has 1 aliphatic heterocycles. The van der Waals surface area contributed by atoms with E-state index in [0.29, 0.717) is 4.88 Å². The zero-order chi connectivity index (χ0) is 20.4. The molecule has 0 saturated carbocycles. The molecule has 3 aromatic rings. The third-order valence-electron chi connectivity index (χ3n) is 5.68. The first-order valence-electron chi connectivity index (χ1n) is 10.1. The van der Waals surface area contributed by atoms with Crippen LogP contribution >= 0.6 is 11.3 Å². The second-order valence-electron chi connectivity index (χ2n) is 7.42. The van der Waals surface area contributed by atoms with E-state index in [1.807, 2.05) is 31.2 Å². The van der Waals surface area contributed by atoms with Gasteiger partial charge in [0, 0.05) is 48.5 Å². The third-order valence-corrected chi connectivity index (χ3v) is 6.87. The summed E-state index contributed by atoms with van der Waals surface area (Å²) in [5.74, 6) is -1.03. The minimum atomic E-state index is -0.834. The highest BCUT2D eigenvalue weighted by Crippen LogP contribution is 2.38. The van der Waals surface area contributed by atoms with Gasteiger partial charge >= 0.3 is 5.97 Å². The van der Waals surface area contributed by atoms with Gasteiger partial charge in [-0.05, 0) is 48.2 Å². The number of carboxylic acids is 1. The van der Waals surface area contributed by atoms with Crippen LogP contribution in [-0.2, 0) is 12.8 Å². The van der Waals surface area contributed by atoms with E-state index >= 15 is 0 Å². The number of aromatic carboxylic acids is 1. The van der Waals surface area contributed by atoms with E-state index in [2.05, 4.69) is 15.9 Å². The van der Waals surface area contributed by atoms with Crippen LogP contribution in [0.1, 0.15) is 27.7 Å². The van der Waals surface area contributed by atoms with Gasteiger partial charge in [0.25, 0.3) is 0 Å². The molecule has 29 heavy (non-hydrogen) atoms. The predicted octanol–water partition coefficient (Wildman–Crippen LogP) is 4.67. The number of benzene rings is 2. The summed E-state index contributed by atoms with van der Waals surface area (Å²) >= 11 is 1.38.